The molecule has 1 fully saturated rings. The molecule has 0 amide bonds. The van der Waals surface area contributed by atoms with Crippen molar-refractivity contribution in [2.24, 2.45) is 0 Å². The van der Waals surface area contributed by atoms with E-state index >= 15 is 0 Å². The molecule has 18 heavy (non-hydrogen) atoms. The number of thiophene rings is 1. The van der Waals surface area contributed by atoms with Crippen LogP contribution >= 0.6 is 23.7 Å². The summed E-state index contributed by atoms with van der Waals surface area (Å²) >= 11 is 1.38. The molecule has 0 bridgehead atoms. The van der Waals surface area contributed by atoms with Crippen molar-refractivity contribution in [3.05, 3.63) is 17.0 Å². The van der Waals surface area contributed by atoms with Gasteiger partial charge in [0.25, 0.3) is 10.0 Å². The number of likely N-dealkylation sites (N-methyl/N-ethyl adjacent to an activating group) is 1. The smallest absolute Gasteiger partial charge is 0.252 e. The standard InChI is InChI=1S/C11H18N2O2S2.ClH/c1-3-10-4-5-11(16-10)17(14,15)13(2)9-6-7-12-8-9;/h4-5,9,12H,3,6-8H2,1-2H3;1H. The van der Waals surface area contributed by atoms with Crippen LogP contribution < -0.4 is 5.32 Å². The molecule has 0 radical (unpaired) electrons. The minimum Gasteiger partial charge on any atom is -0.315 e. The van der Waals surface area contributed by atoms with Crippen molar-refractivity contribution in [2.45, 2.75) is 30.0 Å². The average molecular weight is 311 g/mol. The topological polar surface area (TPSA) is 49.4 Å². The Morgan fingerprint density at radius 3 is 2.72 bits per heavy atom. The molecule has 1 aromatic heterocycles. The Morgan fingerprint density at radius 1 is 1.50 bits per heavy atom. The molecular formula is C11H19ClN2O2S2. The maximum absolute atomic E-state index is 12.4. The van der Waals surface area contributed by atoms with Crippen LogP contribution in [-0.2, 0) is 16.4 Å². The Bertz CT molecular complexity index is 481. The highest BCUT2D eigenvalue weighted by Gasteiger charge is 2.30. The number of halogens is 1. The highest BCUT2D eigenvalue weighted by atomic mass is 35.5. The second-order valence-corrected chi connectivity index (χ2v) is 7.63. The lowest BCUT2D eigenvalue weighted by Gasteiger charge is -2.22. The van der Waals surface area contributed by atoms with E-state index in [0.717, 1.165) is 30.8 Å². The maximum Gasteiger partial charge on any atom is 0.252 e. The van der Waals surface area contributed by atoms with Crippen molar-refractivity contribution in [1.82, 2.24) is 9.62 Å². The van der Waals surface area contributed by atoms with Crippen molar-refractivity contribution in [1.29, 1.82) is 0 Å². The molecular weight excluding hydrogens is 292 g/mol. The van der Waals surface area contributed by atoms with Gasteiger partial charge in [-0.05, 0) is 31.5 Å². The van der Waals surface area contributed by atoms with E-state index in [-0.39, 0.29) is 18.4 Å². The number of nitrogens with one attached hydrogen (secondary N) is 1. The van der Waals surface area contributed by atoms with E-state index in [2.05, 4.69) is 5.32 Å². The Labute approximate surface area is 119 Å². The summed E-state index contributed by atoms with van der Waals surface area (Å²) in [6, 6.07) is 3.71. The second kappa shape index (κ2) is 6.34. The van der Waals surface area contributed by atoms with Gasteiger partial charge in [0, 0.05) is 24.5 Å². The number of aryl methyl sites for hydroxylation is 1. The van der Waals surface area contributed by atoms with Crippen LogP contribution in [-0.4, -0.2) is 38.9 Å². The number of hydrogen-bond acceptors (Lipinski definition) is 4. The van der Waals surface area contributed by atoms with Gasteiger partial charge in [-0.1, -0.05) is 6.92 Å². The van der Waals surface area contributed by atoms with Crippen LogP contribution in [0.3, 0.4) is 0 Å². The molecule has 7 heteroatoms. The highest BCUT2D eigenvalue weighted by molar-refractivity contribution is 7.91. The quantitative estimate of drug-likeness (QED) is 0.921. The summed E-state index contributed by atoms with van der Waals surface area (Å²) in [6.45, 7) is 3.68. The molecule has 0 aliphatic carbocycles. The van der Waals surface area contributed by atoms with Gasteiger partial charge in [0.2, 0.25) is 0 Å². The summed E-state index contributed by atoms with van der Waals surface area (Å²) in [6.07, 6.45) is 1.77. The van der Waals surface area contributed by atoms with Gasteiger partial charge in [0.05, 0.1) is 0 Å². The molecule has 2 heterocycles. The second-order valence-electron chi connectivity index (χ2n) is 4.24. The first-order valence-electron chi connectivity index (χ1n) is 5.83. The van der Waals surface area contributed by atoms with E-state index in [1.807, 2.05) is 13.0 Å². The lowest BCUT2D eigenvalue weighted by molar-refractivity contribution is 0.389. The molecule has 1 saturated heterocycles. The fourth-order valence-corrected chi connectivity index (χ4v) is 4.84. The van der Waals surface area contributed by atoms with Crippen LogP contribution in [0.5, 0.6) is 0 Å². The van der Waals surface area contributed by atoms with Crippen LogP contribution in [0.15, 0.2) is 16.3 Å². The Kier molecular flexibility index (Phi) is 5.61. The third kappa shape index (κ3) is 3.05. The first-order valence-corrected chi connectivity index (χ1v) is 8.09. The van der Waals surface area contributed by atoms with Gasteiger partial charge in [-0.15, -0.1) is 23.7 Å². The molecule has 4 nitrogen and oxygen atoms in total. The third-order valence-electron chi connectivity index (χ3n) is 3.17. The number of sulfonamides is 1. The van der Waals surface area contributed by atoms with Gasteiger partial charge in [0.1, 0.15) is 4.21 Å². The minimum absolute atomic E-state index is 0. The third-order valence-corrected chi connectivity index (χ3v) is 6.77. The molecule has 1 unspecified atom stereocenters. The summed E-state index contributed by atoms with van der Waals surface area (Å²) in [5.74, 6) is 0. The van der Waals surface area contributed by atoms with Gasteiger partial charge in [0.15, 0.2) is 0 Å². The average Bonchev–Trinajstić information content (AvgIpc) is 2.98. The van der Waals surface area contributed by atoms with E-state index in [1.165, 1.54) is 15.6 Å². The SMILES string of the molecule is CCc1ccc(S(=O)(=O)N(C)C2CCNC2)s1.Cl. The molecule has 1 N–H and O–H groups in total. The summed E-state index contributed by atoms with van der Waals surface area (Å²) < 4.78 is 26.7. The molecule has 104 valence electrons. The van der Waals surface area contributed by atoms with Gasteiger partial charge in [-0.2, -0.15) is 4.31 Å². The number of rotatable bonds is 4. The largest absolute Gasteiger partial charge is 0.315 e. The zero-order valence-electron chi connectivity index (χ0n) is 10.5. The van der Waals surface area contributed by atoms with Gasteiger partial charge < -0.3 is 5.32 Å². The number of hydrogen-bond donors (Lipinski definition) is 1. The number of nitrogens with zero attached hydrogens (tertiary/aromatic N) is 1. The van der Waals surface area contributed by atoms with E-state index < -0.39 is 10.0 Å². The van der Waals surface area contributed by atoms with Gasteiger partial charge in [-0.3, -0.25) is 0 Å². The predicted octanol–water partition coefficient (Wildman–Crippen LogP) is 1.71. The zero-order valence-corrected chi connectivity index (χ0v) is 13.0. The molecule has 1 atom stereocenters. The van der Waals surface area contributed by atoms with Crippen molar-refractivity contribution < 1.29 is 8.42 Å². The molecule has 0 saturated carbocycles. The maximum atomic E-state index is 12.4. The molecule has 2 rings (SSSR count). The minimum atomic E-state index is -3.30. The summed E-state index contributed by atoms with van der Waals surface area (Å²) in [5, 5.41) is 3.19. The summed E-state index contributed by atoms with van der Waals surface area (Å²) in [7, 11) is -1.62. The first-order chi connectivity index (χ1) is 8.05. The van der Waals surface area contributed by atoms with Gasteiger partial charge in [-0.25, -0.2) is 8.42 Å². The lowest BCUT2D eigenvalue weighted by atomic mass is 10.3. The van der Waals surface area contributed by atoms with Crippen LogP contribution in [0.2, 0.25) is 0 Å². The molecule has 1 aliphatic heterocycles. The van der Waals surface area contributed by atoms with Crippen molar-refractivity contribution in [3.63, 3.8) is 0 Å². The molecule has 0 aromatic carbocycles. The molecule has 0 spiro atoms. The monoisotopic (exact) mass is 310 g/mol. The first kappa shape index (κ1) is 15.9. The Morgan fingerprint density at radius 2 is 2.22 bits per heavy atom. The van der Waals surface area contributed by atoms with Crippen LogP contribution in [0.4, 0.5) is 0 Å². The fourth-order valence-electron chi connectivity index (χ4n) is 1.97. The summed E-state index contributed by atoms with van der Waals surface area (Å²) in [4.78, 5) is 1.11. The molecule has 1 aromatic rings. The van der Waals surface area contributed by atoms with Gasteiger partial charge >= 0.3 is 0 Å². The predicted molar refractivity (Wildman–Crippen MR) is 77.2 cm³/mol. The van der Waals surface area contributed by atoms with Crippen LogP contribution in [0.1, 0.15) is 18.2 Å². The highest BCUT2D eigenvalue weighted by Crippen LogP contribution is 2.26. The van der Waals surface area contributed by atoms with Crippen molar-refractivity contribution >= 4 is 33.8 Å². The van der Waals surface area contributed by atoms with E-state index in [1.54, 1.807) is 13.1 Å². The van der Waals surface area contributed by atoms with E-state index in [9.17, 15) is 8.42 Å². The summed E-state index contributed by atoms with van der Waals surface area (Å²) in [5.41, 5.74) is 0. The zero-order chi connectivity index (χ0) is 12.5. The molecule has 1 aliphatic rings. The lowest BCUT2D eigenvalue weighted by Crippen LogP contribution is -2.37. The van der Waals surface area contributed by atoms with E-state index in [0.29, 0.717) is 4.21 Å². The fraction of sp³-hybridized carbons (Fsp3) is 0.636. The Balaban J connectivity index is 0.00000162. The van der Waals surface area contributed by atoms with Crippen LogP contribution in [0, 0.1) is 0 Å². The van der Waals surface area contributed by atoms with Crippen molar-refractivity contribution in [2.75, 3.05) is 20.1 Å². The van der Waals surface area contributed by atoms with E-state index in [4.69, 9.17) is 0 Å². The van der Waals surface area contributed by atoms with Crippen LogP contribution in [0.25, 0.3) is 0 Å². The normalized spacial score (nSPS) is 20.1. The Hall–Kier alpha value is -0.140. The van der Waals surface area contributed by atoms with Crippen molar-refractivity contribution in [3.8, 4) is 0 Å².